The maximum Gasteiger partial charge on any atom is 0.261 e. The minimum Gasteiger partial charge on any atom is -0.493 e. The van der Waals surface area contributed by atoms with Crippen LogP contribution in [0, 0.1) is 0 Å². The number of rotatable bonds is 8. The molecule has 3 aromatic rings. The van der Waals surface area contributed by atoms with Crippen LogP contribution in [0.25, 0.3) is 0 Å². The predicted molar refractivity (Wildman–Crippen MR) is 119 cm³/mol. The summed E-state index contributed by atoms with van der Waals surface area (Å²) in [7, 11) is -0.700. The second kappa shape index (κ2) is 9.72. The molecule has 0 spiro atoms. The Kier molecular flexibility index (Phi) is 7.04. The van der Waals surface area contributed by atoms with E-state index in [4.69, 9.17) is 21.1 Å². The lowest BCUT2D eigenvalue weighted by molar-refractivity contribution is 0.0950. The van der Waals surface area contributed by atoms with Crippen LogP contribution in [0.1, 0.15) is 15.9 Å². The first-order chi connectivity index (χ1) is 14.8. The summed E-state index contributed by atoms with van der Waals surface area (Å²) in [6.45, 7) is 0.275. The molecule has 0 radical (unpaired) electrons. The Bertz CT molecular complexity index is 1160. The highest BCUT2D eigenvalue weighted by molar-refractivity contribution is 7.92. The Balaban J connectivity index is 1.65. The summed E-state index contributed by atoms with van der Waals surface area (Å²) in [6, 6.07) is 17.3. The van der Waals surface area contributed by atoms with Gasteiger partial charge in [0.1, 0.15) is 0 Å². The van der Waals surface area contributed by atoms with E-state index in [1.807, 2.05) is 6.07 Å². The van der Waals surface area contributed by atoms with Gasteiger partial charge in [0.15, 0.2) is 11.5 Å². The van der Waals surface area contributed by atoms with Crippen LogP contribution in [0.4, 0.5) is 5.69 Å². The summed E-state index contributed by atoms with van der Waals surface area (Å²) in [6.07, 6.45) is 0. The number of hydrogen-bond donors (Lipinski definition) is 2. The topological polar surface area (TPSA) is 93.7 Å². The molecule has 162 valence electrons. The van der Waals surface area contributed by atoms with Crippen molar-refractivity contribution in [1.29, 1.82) is 0 Å². The number of amides is 1. The molecule has 3 aromatic carbocycles. The van der Waals surface area contributed by atoms with Gasteiger partial charge in [0.05, 0.1) is 19.1 Å². The minimum absolute atomic E-state index is 0.0406. The molecule has 9 heteroatoms. The third-order valence-electron chi connectivity index (χ3n) is 4.42. The van der Waals surface area contributed by atoms with Crippen molar-refractivity contribution in [3.05, 3.63) is 82.9 Å². The van der Waals surface area contributed by atoms with Crippen molar-refractivity contribution in [1.82, 2.24) is 5.32 Å². The van der Waals surface area contributed by atoms with Crippen LogP contribution in [0.5, 0.6) is 11.5 Å². The Hall–Kier alpha value is -3.23. The molecule has 0 bridgehead atoms. The Morgan fingerprint density at radius 1 is 0.903 bits per heavy atom. The maximum atomic E-state index is 12.5. The molecule has 0 aliphatic heterocycles. The average Bonchev–Trinajstić information content (AvgIpc) is 2.78. The van der Waals surface area contributed by atoms with Crippen LogP contribution >= 0.6 is 11.6 Å². The first-order valence-corrected chi connectivity index (χ1v) is 11.1. The molecule has 0 aliphatic rings. The zero-order chi connectivity index (χ0) is 22.4. The summed E-state index contributed by atoms with van der Waals surface area (Å²) >= 11 is 5.81. The standard InChI is InChI=1S/C22H21ClN2O5S/c1-29-20-12-3-15(13-21(20)30-2)14-24-22(26)16-4-10-19(11-5-16)31(27,28)25-18-8-6-17(23)7-9-18/h3-13,25H,14H2,1-2H3,(H,24,26). The lowest BCUT2D eigenvalue weighted by Gasteiger charge is -2.11. The van der Waals surface area contributed by atoms with Gasteiger partial charge in [0.2, 0.25) is 0 Å². The second-order valence-electron chi connectivity index (χ2n) is 6.51. The number of carbonyl (C=O) groups excluding carboxylic acids is 1. The molecule has 0 saturated heterocycles. The summed E-state index contributed by atoms with van der Waals surface area (Å²) in [5, 5.41) is 3.30. The summed E-state index contributed by atoms with van der Waals surface area (Å²) < 4.78 is 38.0. The highest BCUT2D eigenvalue weighted by Gasteiger charge is 2.15. The van der Waals surface area contributed by atoms with Crippen molar-refractivity contribution in [2.45, 2.75) is 11.4 Å². The molecule has 3 rings (SSSR count). The highest BCUT2D eigenvalue weighted by atomic mass is 35.5. The Labute approximate surface area is 186 Å². The van der Waals surface area contributed by atoms with E-state index in [0.717, 1.165) is 5.56 Å². The molecule has 0 atom stereocenters. The van der Waals surface area contributed by atoms with Gasteiger partial charge >= 0.3 is 0 Å². The second-order valence-corrected chi connectivity index (χ2v) is 8.63. The van der Waals surface area contributed by atoms with Gasteiger partial charge in [-0.05, 0) is 66.2 Å². The Morgan fingerprint density at radius 2 is 1.55 bits per heavy atom. The molecule has 0 aliphatic carbocycles. The number of nitrogens with one attached hydrogen (secondary N) is 2. The number of halogens is 1. The number of hydrogen-bond acceptors (Lipinski definition) is 5. The van der Waals surface area contributed by atoms with Gasteiger partial charge < -0.3 is 14.8 Å². The van der Waals surface area contributed by atoms with Crippen molar-refractivity contribution in [3.8, 4) is 11.5 Å². The van der Waals surface area contributed by atoms with Crippen LogP contribution < -0.4 is 19.5 Å². The lowest BCUT2D eigenvalue weighted by atomic mass is 10.1. The third-order valence-corrected chi connectivity index (χ3v) is 6.07. The number of sulfonamides is 1. The van der Waals surface area contributed by atoms with Crippen molar-refractivity contribution in [3.63, 3.8) is 0 Å². The molecule has 0 aromatic heterocycles. The van der Waals surface area contributed by atoms with E-state index in [9.17, 15) is 13.2 Å². The third kappa shape index (κ3) is 5.68. The quantitative estimate of drug-likeness (QED) is 0.528. The molecule has 0 fully saturated rings. The molecular formula is C22H21ClN2O5S. The molecule has 31 heavy (non-hydrogen) atoms. The smallest absolute Gasteiger partial charge is 0.261 e. The number of benzene rings is 3. The average molecular weight is 461 g/mol. The van der Waals surface area contributed by atoms with E-state index in [0.29, 0.717) is 27.8 Å². The van der Waals surface area contributed by atoms with E-state index >= 15 is 0 Å². The number of methoxy groups -OCH3 is 2. The van der Waals surface area contributed by atoms with Crippen LogP contribution in [-0.2, 0) is 16.6 Å². The molecule has 1 amide bonds. The maximum absolute atomic E-state index is 12.5. The Morgan fingerprint density at radius 3 is 2.16 bits per heavy atom. The SMILES string of the molecule is COc1ccc(CNC(=O)c2ccc(S(=O)(=O)Nc3ccc(Cl)cc3)cc2)cc1OC. The first kappa shape index (κ1) is 22.5. The molecule has 0 unspecified atom stereocenters. The summed E-state index contributed by atoms with van der Waals surface area (Å²) in [4.78, 5) is 12.5. The van der Waals surface area contributed by atoms with E-state index < -0.39 is 10.0 Å². The number of anilines is 1. The fraction of sp³-hybridized carbons (Fsp3) is 0.136. The predicted octanol–water partition coefficient (Wildman–Crippen LogP) is 4.09. The van der Waals surface area contributed by atoms with Crippen molar-refractivity contribution in [2.24, 2.45) is 0 Å². The zero-order valence-electron chi connectivity index (χ0n) is 16.9. The minimum atomic E-state index is -3.79. The normalized spacial score (nSPS) is 10.9. The molecular weight excluding hydrogens is 440 g/mol. The largest absolute Gasteiger partial charge is 0.493 e. The van der Waals surface area contributed by atoms with Gasteiger partial charge in [-0.2, -0.15) is 0 Å². The van der Waals surface area contributed by atoms with Crippen molar-refractivity contribution in [2.75, 3.05) is 18.9 Å². The zero-order valence-corrected chi connectivity index (χ0v) is 18.5. The van der Waals surface area contributed by atoms with Crippen LogP contribution in [0.15, 0.2) is 71.6 Å². The molecule has 7 nitrogen and oxygen atoms in total. The van der Waals surface area contributed by atoms with Gasteiger partial charge in [-0.1, -0.05) is 17.7 Å². The van der Waals surface area contributed by atoms with E-state index in [1.165, 1.54) is 31.4 Å². The van der Waals surface area contributed by atoms with Crippen molar-refractivity contribution >= 4 is 33.2 Å². The van der Waals surface area contributed by atoms with Crippen molar-refractivity contribution < 1.29 is 22.7 Å². The summed E-state index contributed by atoms with van der Waals surface area (Å²) in [5.74, 6) is 0.836. The van der Waals surface area contributed by atoms with Crippen LogP contribution in [0.2, 0.25) is 5.02 Å². The van der Waals surface area contributed by atoms with E-state index in [-0.39, 0.29) is 17.3 Å². The first-order valence-electron chi connectivity index (χ1n) is 9.20. The van der Waals surface area contributed by atoms with E-state index in [2.05, 4.69) is 10.0 Å². The fourth-order valence-corrected chi connectivity index (χ4v) is 3.98. The summed E-state index contributed by atoms with van der Waals surface area (Å²) in [5.41, 5.74) is 1.56. The molecule has 0 heterocycles. The number of ether oxygens (including phenoxy) is 2. The van der Waals surface area contributed by atoms with Gasteiger partial charge in [-0.25, -0.2) is 8.42 Å². The van der Waals surface area contributed by atoms with Gasteiger partial charge in [-0.15, -0.1) is 0 Å². The van der Waals surface area contributed by atoms with Gasteiger partial charge in [-0.3, -0.25) is 9.52 Å². The van der Waals surface area contributed by atoms with Crippen LogP contribution in [0.3, 0.4) is 0 Å². The molecule has 0 saturated carbocycles. The van der Waals surface area contributed by atoms with Crippen LogP contribution in [-0.4, -0.2) is 28.5 Å². The monoisotopic (exact) mass is 460 g/mol. The highest BCUT2D eigenvalue weighted by Crippen LogP contribution is 2.27. The van der Waals surface area contributed by atoms with Gasteiger partial charge in [0, 0.05) is 22.8 Å². The molecule has 2 N–H and O–H groups in total. The lowest BCUT2D eigenvalue weighted by Crippen LogP contribution is -2.23. The number of carbonyl (C=O) groups is 1. The van der Waals surface area contributed by atoms with E-state index in [1.54, 1.807) is 43.5 Å². The van der Waals surface area contributed by atoms with Gasteiger partial charge in [0.25, 0.3) is 15.9 Å². The fourth-order valence-electron chi connectivity index (χ4n) is 2.79.